The van der Waals surface area contributed by atoms with Gasteiger partial charge in [0, 0.05) is 9.79 Å². The summed E-state index contributed by atoms with van der Waals surface area (Å²) in [5.74, 6) is 0.502. The summed E-state index contributed by atoms with van der Waals surface area (Å²) in [5.41, 5.74) is 0. The number of hydrogen-bond acceptors (Lipinski definition) is 5. The lowest BCUT2D eigenvalue weighted by Gasteiger charge is -2.35. The van der Waals surface area contributed by atoms with Crippen molar-refractivity contribution in [3.05, 3.63) is 84.9 Å². The summed E-state index contributed by atoms with van der Waals surface area (Å²) < 4.78 is 47.1. The van der Waals surface area contributed by atoms with Crippen LogP contribution in [0.2, 0.25) is 0 Å². The van der Waals surface area contributed by atoms with Crippen molar-refractivity contribution in [2.75, 3.05) is 6.61 Å². The predicted octanol–water partition coefficient (Wildman–Crippen LogP) is 2.98. The number of unbranched alkanes of at least 4 members (excludes halogenated alkanes) is 1. The van der Waals surface area contributed by atoms with E-state index in [4.69, 9.17) is 8.47 Å². The fourth-order valence-corrected chi connectivity index (χ4v) is 7.29. The van der Waals surface area contributed by atoms with Crippen LogP contribution < -0.4 is 18.7 Å². The number of ether oxygens (including phenoxy) is 1. The van der Waals surface area contributed by atoms with Gasteiger partial charge in [0.1, 0.15) is 19.8 Å². The van der Waals surface area contributed by atoms with E-state index in [2.05, 4.69) is 6.92 Å². The molecule has 0 saturated heterocycles. The molecule has 0 spiro atoms. The van der Waals surface area contributed by atoms with E-state index in [9.17, 15) is 14.0 Å². The van der Waals surface area contributed by atoms with Gasteiger partial charge in [-0.05, 0) is 42.8 Å². The van der Waals surface area contributed by atoms with Crippen LogP contribution in [-0.2, 0) is 3.74 Å². The molecule has 0 heterocycles. The number of rotatable bonds is 9. The summed E-state index contributed by atoms with van der Waals surface area (Å²) >= 11 is 0. The average Bonchev–Trinajstić information content (AvgIpc) is 2.73. The SMILES string of the molecule is CCCCOc1ccccc1S(O[Cl+3]([O-])([O-])[O-])(c1ccccc1)c1ccccc1. The van der Waals surface area contributed by atoms with Crippen LogP contribution in [0.1, 0.15) is 19.8 Å². The molecule has 0 aliphatic carbocycles. The number of para-hydroxylation sites is 1. The predicted molar refractivity (Wildman–Crippen MR) is 103 cm³/mol. The monoisotopic (exact) mass is 434 g/mol. The van der Waals surface area contributed by atoms with E-state index in [0.29, 0.717) is 27.0 Å². The van der Waals surface area contributed by atoms with Crippen molar-refractivity contribution in [1.82, 2.24) is 0 Å². The lowest BCUT2D eigenvalue weighted by atomic mass is 10.3. The fraction of sp³-hybridized carbons (Fsp3) is 0.182. The lowest BCUT2D eigenvalue weighted by Crippen LogP contribution is -2.61. The van der Waals surface area contributed by atoms with Gasteiger partial charge in [-0.3, -0.25) is 0 Å². The Balaban J connectivity index is 2.28. The molecule has 0 fully saturated rings. The minimum Gasteiger partial charge on any atom is -0.492 e. The van der Waals surface area contributed by atoms with Gasteiger partial charge >= 0.3 is 0 Å². The third kappa shape index (κ3) is 5.11. The van der Waals surface area contributed by atoms with Crippen LogP contribution in [0.4, 0.5) is 0 Å². The van der Waals surface area contributed by atoms with Crippen LogP contribution in [-0.4, -0.2) is 6.61 Å². The van der Waals surface area contributed by atoms with Crippen LogP contribution in [0.25, 0.3) is 0 Å². The van der Waals surface area contributed by atoms with Crippen molar-refractivity contribution in [3.63, 3.8) is 0 Å². The van der Waals surface area contributed by atoms with Crippen molar-refractivity contribution >= 4 is 10.3 Å². The summed E-state index contributed by atoms with van der Waals surface area (Å²) in [6, 6.07) is 25.0. The average molecular weight is 435 g/mol. The first-order chi connectivity index (χ1) is 14.0. The van der Waals surface area contributed by atoms with Crippen LogP contribution >= 0.6 is 10.3 Å². The first-order valence-corrected chi connectivity index (χ1v) is 12.0. The molecule has 0 radical (unpaired) electrons. The maximum atomic E-state index is 11.9. The van der Waals surface area contributed by atoms with Gasteiger partial charge in [0.05, 0.1) is 21.7 Å². The molecule has 154 valence electrons. The molecule has 0 N–H and O–H groups in total. The normalized spacial score (nSPS) is 12.6. The molecule has 5 nitrogen and oxygen atoms in total. The minimum atomic E-state index is -4.72. The van der Waals surface area contributed by atoms with Crippen molar-refractivity contribution in [1.29, 1.82) is 0 Å². The highest BCUT2D eigenvalue weighted by atomic mass is 35.7. The van der Waals surface area contributed by atoms with E-state index in [-0.39, 0.29) is 0 Å². The Hall–Kier alpha value is -2.06. The topological polar surface area (TPSA) is 87.6 Å². The summed E-state index contributed by atoms with van der Waals surface area (Å²) in [4.78, 5) is 1.70. The second-order valence-corrected chi connectivity index (χ2v) is 10.0. The Kier molecular flexibility index (Phi) is 7.18. The Morgan fingerprint density at radius 2 is 1.28 bits per heavy atom. The molecule has 3 aromatic carbocycles. The smallest absolute Gasteiger partial charge is 0.134 e. The third-order valence-electron chi connectivity index (χ3n) is 4.24. The lowest BCUT2D eigenvalue weighted by molar-refractivity contribution is -1.91. The maximum absolute atomic E-state index is 11.9. The molecular weight excluding hydrogens is 412 g/mol. The zero-order valence-electron chi connectivity index (χ0n) is 16.0. The largest absolute Gasteiger partial charge is 0.492 e. The highest BCUT2D eigenvalue weighted by molar-refractivity contribution is 8.30. The van der Waals surface area contributed by atoms with E-state index < -0.39 is 20.6 Å². The minimum absolute atomic E-state index is 0.481. The molecule has 0 aliphatic rings. The van der Waals surface area contributed by atoms with E-state index in [1.807, 2.05) is 18.2 Å². The number of halogens is 1. The quantitative estimate of drug-likeness (QED) is 0.483. The van der Waals surface area contributed by atoms with Gasteiger partial charge in [-0.25, -0.2) is 0 Å². The van der Waals surface area contributed by atoms with Crippen molar-refractivity contribution < 1.29 is 32.7 Å². The van der Waals surface area contributed by atoms with Gasteiger partial charge in [-0.15, -0.1) is 0 Å². The van der Waals surface area contributed by atoms with Crippen molar-refractivity contribution in [2.24, 2.45) is 0 Å². The van der Waals surface area contributed by atoms with Gasteiger partial charge in [-0.1, -0.05) is 61.9 Å². The van der Waals surface area contributed by atoms with Crippen LogP contribution in [0, 0.1) is 10.2 Å². The zero-order valence-corrected chi connectivity index (χ0v) is 17.6. The number of benzene rings is 3. The molecule has 0 aliphatic heterocycles. The second-order valence-electron chi connectivity index (χ2n) is 6.27. The van der Waals surface area contributed by atoms with Crippen molar-refractivity contribution in [3.8, 4) is 5.75 Å². The van der Waals surface area contributed by atoms with Crippen LogP contribution in [0.5, 0.6) is 5.75 Å². The molecule has 29 heavy (non-hydrogen) atoms. The van der Waals surface area contributed by atoms with Gasteiger partial charge in [0.2, 0.25) is 0 Å². The Bertz CT molecular complexity index is 860. The van der Waals surface area contributed by atoms with Crippen LogP contribution in [0.15, 0.2) is 99.6 Å². The summed E-state index contributed by atoms with van der Waals surface area (Å²) in [5, 5.41) is 0. The highest BCUT2D eigenvalue weighted by Crippen LogP contribution is 2.71. The first kappa shape index (κ1) is 21.6. The Labute approximate surface area is 174 Å². The Morgan fingerprint density at radius 1 is 0.759 bits per heavy atom. The second kappa shape index (κ2) is 9.63. The molecule has 3 aromatic rings. The molecule has 7 heteroatoms. The van der Waals surface area contributed by atoms with Crippen molar-refractivity contribution in [2.45, 2.75) is 34.5 Å². The van der Waals surface area contributed by atoms with E-state index in [0.717, 1.165) is 12.8 Å². The van der Waals surface area contributed by atoms with Gasteiger partial charge in [0.15, 0.2) is 0 Å². The zero-order chi connectivity index (χ0) is 20.7. The standard InChI is InChI=1S/C22H23ClO5S/c1-2-3-18-27-21-16-10-11-17-22(21)29(28-23(24,25)26,19-12-6-4-7-13-19)20-14-8-5-9-15-20/h4-17H,2-3,18H2,1H3. The molecule has 3 rings (SSSR count). The van der Waals surface area contributed by atoms with E-state index in [1.54, 1.807) is 66.7 Å². The summed E-state index contributed by atoms with van der Waals surface area (Å²) in [6.07, 6.45) is 1.81. The first-order valence-electron chi connectivity index (χ1n) is 9.24. The fourth-order valence-electron chi connectivity index (χ4n) is 2.97. The molecule has 0 aromatic heterocycles. The molecule has 0 saturated carbocycles. The molecule has 0 amide bonds. The third-order valence-corrected chi connectivity index (χ3v) is 8.44. The summed E-state index contributed by atoms with van der Waals surface area (Å²) in [6.45, 7) is 2.54. The number of hydrogen-bond donors (Lipinski definition) is 0. The van der Waals surface area contributed by atoms with E-state index in [1.165, 1.54) is 0 Å². The van der Waals surface area contributed by atoms with Gasteiger partial charge in [-0.2, -0.15) is 14.0 Å². The Morgan fingerprint density at radius 3 is 1.79 bits per heavy atom. The summed E-state index contributed by atoms with van der Waals surface area (Å²) in [7, 11) is -7.62. The van der Waals surface area contributed by atoms with E-state index >= 15 is 0 Å². The molecule has 0 atom stereocenters. The van der Waals surface area contributed by atoms with Gasteiger partial charge < -0.3 is 4.74 Å². The van der Waals surface area contributed by atoms with Crippen LogP contribution in [0.3, 0.4) is 0 Å². The highest BCUT2D eigenvalue weighted by Gasteiger charge is 2.48. The molecular formula is C22H23ClO5S. The maximum Gasteiger partial charge on any atom is 0.134 e. The molecule has 0 bridgehead atoms. The van der Waals surface area contributed by atoms with Gasteiger partial charge in [0.25, 0.3) is 0 Å². The molecule has 0 unspecified atom stereocenters.